The van der Waals surface area contributed by atoms with Crippen molar-refractivity contribution in [1.29, 1.82) is 0 Å². The highest BCUT2D eigenvalue weighted by Gasteiger charge is 2.26. The summed E-state index contributed by atoms with van der Waals surface area (Å²) in [6.45, 7) is 9.88. The molecule has 3 N–H and O–H groups in total. The minimum Gasteiger partial charge on any atom is -0.382 e. The van der Waals surface area contributed by atoms with E-state index in [0.29, 0.717) is 0 Å². The smallest absolute Gasteiger partial charge is 0.208 e. The predicted molar refractivity (Wildman–Crippen MR) is 81.5 cm³/mol. The lowest BCUT2D eigenvalue weighted by Crippen LogP contribution is -2.54. The first kappa shape index (κ1) is 15.5. The standard InChI is InChI=1S/C14H29N5O/c1-2-20-11-3-6-16-14(17-15)19-9-7-18(8-10-19)12-13-4-5-13/h13H,2-12,15H2,1H3,(H,16,17). The Labute approximate surface area is 122 Å². The average Bonchev–Trinajstić information content (AvgIpc) is 3.28. The summed E-state index contributed by atoms with van der Waals surface area (Å²) in [7, 11) is 0. The van der Waals surface area contributed by atoms with E-state index in [2.05, 4.69) is 20.2 Å². The van der Waals surface area contributed by atoms with E-state index in [1.54, 1.807) is 0 Å². The molecule has 0 aromatic heterocycles. The van der Waals surface area contributed by atoms with E-state index < -0.39 is 0 Å². The number of aliphatic imine (C=N–C) groups is 1. The number of nitrogens with one attached hydrogen (secondary N) is 1. The van der Waals surface area contributed by atoms with Crippen LogP contribution < -0.4 is 11.3 Å². The van der Waals surface area contributed by atoms with E-state index >= 15 is 0 Å². The van der Waals surface area contributed by atoms with Crippen LogP contribution >= 0.6 is 0 Å². The molecule has 0 unspecified atom stereocenters. The maximum Gasteiger partial charge on any atom is 0.208 e. The van der Waals surface area contributed by atoms with Crippen molar-refractivity contribution in [3.8, 4) is 0 Å². The Morgan fingerprint density at radius 1 is 1.30 bits per heavy atom. The number of rotatable bonds is 7. The Kier molecular flexibility index (Phi) is 6.56. The van der Waals surface area contributed by atoms with Crippen LogP contribution in [0.15, 0.2) is 4.99 Å². The van der Waals surface area contributed by atoms with Crippen LogP contribution in [0.4, 0.5) is 0 Å². The largest absolute Gasteiger partial charge is 0.382 e. The Morgan fingerprint density at radius 3 is 2.65 bits per heavy atom. The van der Waals surface area contributed by atoms with Crippen molar-refractivity contribution < 1.29 is 4.74 Å². The fourth-order valence-corrected chi connectivity index (χ4v) is 2.54. The van der Waals surface area contributed by atoms with Gasteiger partial charge in [-0.05, 0) is 32.1 Å². The third-order valence-corrected chi connectivity index (χ3v) is 3.93. The van der Waals surface area contributed by atoms with E-state index in [1.807, 2.05) is 6.92 Å². The van der Waals surface area contributed by atoms with Gasteiger partial charge in [0.15, 0.2) is 0 Å². The Balaban J connectivity index is 1.67. The Bertz CT molecular complexity index is 298. The van der Waals surface area contributed by atoms with Crippen molar-refractivity contribution >= 4 is 5.96 Å². The molecular weight excluding hydrogens is 254 g/mol. The van der Waals surface area contributed by atoms with Gasteiger partial charge >= 0.3 is 0 Å². The zero-order valence-corrected chi connectivity index (χ0v) is 12.7. The number of hydrazine groups is 1. The van der Waals surface area contributed by atoms with E-state index in [0.717, 1.165) is 64.2 Å². The third kappa shape index (κ3) is 5.26. The van der Waals surface area contributed by atoms with Crippen LogP contribution in [0.3, 0.4) is 0 Å². The van der Waals surface area contributed by atoms with E-state index in [-0.39, 0.29) is 0 Å². The SMILES string of the molecule is CCOCCCN=C(NN)N1CCN(CC2CC2)CC1. The van der Waals surface area contributed by atoms with Crippen LogP contribution in [-0.2, 0) is 4.74 Å². The second-order valence-corrected chi connectivity index (χ2v) is 5.63. The summed E-state index contributed by atoms with van der Waals surface area (Å²) < 4.78 is 5.31. The molecule has 1 aliphatic carbocycles. The maximum absolute atomic E-state index is 5.60. The lowest BCUT2D eigenvalue weighted by molar-refractivity contribution is 0.146. The van der Waals surface area contributed by atoms with Crippen LogP contribution in [0.5, 0.6) is 0 Å². The first-order valence-corrected chi connectivity index (χ1v) is 7.89. The molecule has 2 rings (SSSR count). The average molecular weight is 283 g/mol. The van der Waals surface area contributed by atoms with Crippen molar-refractivity contribution in [1.82, 2.24) is 15.2 Å². The van der Waals surface area contributed by atoms with Gasteiger partial charge < -0.3 is 9.64 Å². The quantitative estimate of drug-likeness (QED) is 0.231. The van der Waals surface area contributed by atoms with E-state index in [4.69, 9.17) is 10.6 Å². The number of ether oxygens (including phenoxy) is 1. The minimum absolute atomic E-state index is 0.766. The molecule has 6 nitrogen and oxygen atoms in total. The van der Waals surface area contributed by atoms with E-state index in [9.17, 15) is 0 Å². The summed E-state index contributed by atoms with van der Waals surface area (Å²) in [5, 5.41) is 0. The molecular formula is C14H29N5O. The molecule has 0 aromatic rings. The highest BCUT2D eigenvalue weighted by atomic mass is 16.5. The second kappa shape index (κ2) is 8.44. The fourth-order valence-electron chi connectivity index (χ4n) is 2.54. The summed E-state index contributed by atoms with van der Waals surface area (Å²) in [5.41, 5.74) is 2.75. The lowest BCUT2D eigenvalue weighted by Gasteiger charge is -2.36. The van der Waals surface area contributed by atoms with Gasteiger partial charge in [0, 0.05) is 52.5 Å². The zero-order chi connectivity index (χ0) is 14.2. The molecule has 0 radical (unpaired) electrons. The fraction of sp³-hybridized carbons (Fsp3) is 0.929. The van der Waals surface area contributed by atoms with Crippen LogP contribution in [0.2, 0.25) is 0 Å². The monoisotopic (exact) mass is 283 g/mol. The highest BCUT2D eigenvalue weighted by Crippen LogP contribution is 2.29. The number of guanidine groups is 1. The highest BCUT2D eigenvalue weighted by molar-refractivity contribution is 5.79. The molecule has 1 heterocycles. The summed E-state index contributed by atoms with van der Waals surface area (Å²) in [6.07, 6.45) is 3.80. The number of hydrogen-bond donors (Lipinski definition) is 2. The van der Waals surface area contributed by atoms with Gasteiger partial charge in [0.1, 0.15) is 0 Å². The van der Waals surface area contributed by atoms with Crippen molar-refractivity contribution in [2.45, 2.75) is 26.2 Å². The molecule has 0 spiro atoms. The van der Waals surface area contributed by atoms with Crippen molar-refractivity contribution in [3.63, 3.8) is 0 Å². The normalized spacial score (nSPS) is 21.3. The molecule has 0 bridgehead atoms. The van der Waals surface area contributed by atoms with Gasteiger partial charge in [-0.25, -0.2) is 5.84 Å². The van der Waals surface area contributed by atoms with Crippen LogP contribution in [0.25, 0.3) is 0 Å². The number of piperazine rings is 1. The van der Waals surface area contributed by atoms with Gasteiger partial charge in [-0.2, -0.15) is 0 Å². The maximum atomic E-state index is 5.60. The van der Waals surface area contributed by atoms with Crippen LogP contribution in [-0.4, -0.2) is 68.2 Å². The Morgan fingerprint density at radius 2 is 2.05 bits per heavy atom. The topological polar surface area (TPSA) is 66.1 Å². The molecule has 0 atom stereocenters. The van der Waals surface area contributed by atoms with Crippen LogP contribution in [0, 0.1) is 5.92 Å². The predicted octanol–water partition coefficient (Wildman–Crippen LogP) is 0.260. The third-order valence-electron chi connectivity index (χ3n) is 3.93. The van der Waals surface area contributed by atoms with E-state index in [1.165, 1.54) is 19.4 Å². The molecule has 1 aliphatic heterocycles. The number of hydrogen-bond acceptors (Lipinski definition) is 4. The molecule has 116 valence electrons. The number of nitrogens with two attached hydrogens (primary N) is 1. The van der Waals surface area contributed by atoms with Crippen molar-refractivity contribution in [2.75, 3.05) is 52.5 Å². The van der Waals surface area contributed by atoms with Gasteiger partial charge in [-0.1, -0.05) is 0 Å². The molecule has 1 saturated heterocycles. The Hall–Kier alpha value is -0.850. The zero-order valence-electron chi connectivity index (χ0n) is 12.7. The second-order valence-electron chi connectivity index (χ2n) is 5.63. The molecule has 2 fully saturated rings. The molecule has 20 heavy (non-hydrogen) atoms. The first-order valence-electron chi connectivity index (χ1n) is 7.89. The van der Waals surface area contributed by atoms with Gasteiger partial charge in [-0.3, -0.25) is 15.3 Å². The minimum atomic E-state index is 0.766. The summed E-state index contributed by atoms with van der Waals surface area (Å²) >= 11 is 0. The summed E-state index contributed by atoms with van der Waals surface area (Å²) in [5.74, 6) is 7.40. The molecule has 1 saturated carbocycles. The van der Waals surface area contributed by atoms with Gasteiger partial charge in [0.05, 0.1) is 0 Å². The van der Waals surface area contributed by atoms with Gasteiger partial charge in [0.25, 0.3) is 0 Å². The summed E-state index contributed by atoms with van der Waals surface area (Å²) in [6, 6.07) is 0. The van der Waals surface area contributed by atoms with Crippen molar-refractivity contribution in [2.24, 2.45) is 16.8 Å². The number of nitrogens with zero attached hydrogens (tertiary/aromatic N) is 3. The first-order chi connectivity index (χ1) is 9.83. The summed E-state index contributed by atoms with van der Waals surface area (Å²) in [4.78, 5) is 9.36. The van der Waals surface area contributed by atoms with Gasteiger partial charge in [-0.15, -0.1) is 0 Å². The molecule has 0 amide bonds. The molecule has 6 heteroatoms. The van der Waals surface area contributed by atoms with Gasteiger partial charge in [0.2, 0.25) is 5.96 Å². The lowest BCUT2D eigenvalue weighted by atomic mass is 10.3. The van der Waals surface area contributed by atoms with Crippen molar-refractivity contribution in [3.05, 3.63) is 0 Å². The molecule has 0 aromatic carbocycles. The molecule has 2 aliphatic rings. The van der Waals surface area contributed by atoms with Crippen LogP contribution in [0.1, 0.15) is 26.2 Å².